The number of fused-ring (bicyclic) bond motifs is 1. The quantitative estimate of drug-likeness (QED) is 0.403. The Labute approximate surface area is 239 Å². The van der Waals surface area contributed by atoms with Crippen LogP contribution in [0.25, 0.3) is 11.3 Å². The first kappa shape index (κ1) is 27.7. The number of nitrogens with zero attached hydrogens (tertiary/aromatic N) is 8. The summed E-state index contributed by atoms with van der Waals surface area (Å²) in [5.74, 6) is 1.61. The Morgan fingerprint density at radius 1 is 1.00 bits per heavy atom. The van der Waals surface area contributed by atoms with E-state index in [0.717, 1.165) is 40.3 Å². The summed E-state index contributed by atoms with van der Waals surface area (Å²) in [4.78, 5) is 24.9. The number of benzene rings is 1. The molecular formula is C27H35N9O4S. The minimum atomic E-state index is -3.63. The van der Waals surface area contributed by atoms with E-state index in [1.54, 1.807) is 24.5 Å². The molecule has 218 valence electrons. The fraction of sp³-hybridized carbons (Fsp3) is 0.481. The van der Waals surface area contributed by atoms with Crippen molar-refractivity contribution < 1.29 is 18.3 Å². The van der Waals surface area contributed by atoms with Crippen LogP contribution in [0.1, 0.15) is 11.1 Å². The van der Waals surface area contributed by atoms with E-state index in [2.05, 4.69) is 24.7 Å². The summed E-state index contributed by atoms with van der Waals surface area (Å²) < 4.78 is 34.0. The number of anilines is 4. The topological polar surface area (TPSA) is 154 Å². The third-order valence-electron chi connectivity index (χ3n) is 7.90. The van der Waals surface area contributed by atoms with Crippen LogP contribution in [0.15, 0.2) is 35.5 Å². The van der Waals surface area contributed by atoms with Gasteiger partial charge in [-0.05, 0) is 37.1 Å². The molecule has 3 N–H and O–H groups in total. The van der Waals surface area contributed by atoms with Gasteiger partial charge in [-0.1, -0.05) is 0 Å². The van der Waals surface area contributed by atoms with Gasteiger partial charge in [-0.25, -0.2) is 23.4 Å². The maximum Gasteiger partial charge on any atom is 0.243 e. The van der Waals surface area contributed by atoms with E-state index in [1.807, 2.05) is 13.0 Å². The van der Waals surface area contributed by atoms with Crippen molar-refractivity contribution in [1.29, 1.82) is 0 Å². The van der Waals surface area contributed by atoms with Crippen LogP contribution in [0.5, 0.6) is 0 Å². The lowest BCUT2D eigenvalue weighted by atomic mass is 10.1. The molecule has 0 aliphatic carbocycles. The molecule has 0 unspecified atom stereocenters. The van der Waals surface area contributed by atoms with Crippen molar-refractivity contribution in [2.75, 3.05) is 87.7 Å². The summed E-state index contributed by atoms with van der Waals surface area (Å²) in [5.41, 5.74) is 10.0. The Hall–Kier alpha value is -3.43. The van der Waals surface area contributed by atoms with Gasteiger partial charge in [-0.2, -0.15) is 9.29 Å². The van der Waals surface area contributed by atoms with E-state index >= 15 is 0 Å². The normalized spacial score (nSPS) is 18.6. The molecule has 0 bridgehead atoms. The number of morpholine rings is 1. The highest BCUT2D eigenvalue weighted by molar-refractivity contribution is 7.89. The number of aliphatic hydroxyl groups excluding tert-OH is 1. The zero-order chi connectivity index (χ0) is 28.6. The molecule has 5 heterocycles. The Morgan fingerprint density at radius 2 is 1.73 bits per heavy atom. The van der Waals surface area contributed by atoms with Gasteiger partial charge in [0.15, 0.2) is 0 Å². The van der Waals surface area contributed by atoms with Crippen LogP contribution in [0.4, 0.5) is 23.4 Å². The fourth-order valence-corrected chi connectivity index (χ4v) is 7.17. The summed E-state index contributed by atoms with van der Waals surface area (Å²) in [6.07, 6.45) is 4.09. The molecule has 41 heavy (non-hydrogen) atoms. The van der Waals surface area contributed by atoms with Gasteiger partial charge in [0, 0.05) is 81.6 Å². The van der Waals surface area contributed by atoms with Crippen molar-refractivity contribution in [3.63, 3.8) is 0 Å². The van der Waals surface area contributed by atoms with Crippen LogP contribution in [0, 0.1) is 6.92 Å². The number of rotatable bonds is 7. The second-order valence-corrected chi connectivity index (χ2v) is 12.4. The predicted molar refractivity (Wildman–Crippen MR) is 155 cm³/mol. The second-order valence-electron chi connectivity index (χ2n) is 10.4. The largest absolute Gasteiger partial charge is 0.395 e. The van der Waals surface area contributed by atoms with Crippen LogP contribution < -0.4 is 15.5 Å². The summed E-state index contributed by atoms with van der Waals surface area (Å²) in [7, 11) is -3.63. The lowest BCUT2D eigenvalue weighted by molar-refractivity contribution is 0.122. The minimum absolute atomic E-state index is 0.0706. The Bertz CT molecular complexity index is 1510. The Balaban J connectivity index is 1.33. The number of piperazine rings is 1. The summed E-state index contributed by atoms with van der Waals surface area (Å²) >= 11 is 0. The average Bonchev–Trinajstić information content (AvgIpc) is 3.42. The zero-order valence-electron chi connectivity index (χ0n) is 23.1. The van der Waals surface area contributed by atoms with E-state index in [0.29, 0.717) is 71.5 Å². The van der Waals surface area contributed by atoms with Gasteiger partial charge in [0.05, 0.1) is 30.4 Å². The Kier molecular flexibility index (Phi) is 7.74. The van der Waals surface area contributed by atoms with E-state index in [-0.39, 0.29) is 17.5 Å². The van der Waals surface area contributed by atoms with Crippen LogP contribution in [0.3, 0.4) is 0 Å². The van der Waals surface area contributed by atoms with E-state index in [9.17, 15) is 13.5 Å². The lowest BCUT2D eigenvalue weighted by Gasteiger charge is -2.33. The third-order valence-corrected chi connectivity index (χ3v) is 9.79. The van der Waals surface area contributed by atoms with E-state index in [4.69, 9.17) is 20.4 Å². The van der Waals surface area contributed by atoms with Crippen molar-refractivity contribution in [3.05, 3.63) is 41.7 Å². The molecule has 0 amide bonds. The van der Waals surface area contributed by atoms with Crippen molar-refractivity contribution in [2.24, 2.45) is 0 Å². The van der Waals surface area contributed by atoms with Gasteiger partial charge in [0.25, 0.3) is 0 Å². The number of nitrogen functional groups attached to an aromatic ring is 1. The highest BCUT2D eigenvalue weighted by atomic mass is 32.2. The predicted octanol–water partition coefficient (Wildman–Crippen LogP) is 0.654. The molecule has 0 radical (unpaired) electrons. The average molecular weight is 582 g/mol. The molecule has 1 aromatic carbocycles. The number of aliphatic hydroxyl groups is 1. The molecule has 6 rings (SSSR count). The first-order valence-electron chi connectivity index (χ1n) is 13.9. The number of hydrogen-bond acceptors (Lipinski definition) is 12. The molecule has 0 saturated carbocycles. The van der Waals surface area contributed by atoms with Gasteiger partial charge in [-0.3, -0.25) is 4.90 Å². The van der Waals surface area contributed by atoms with Gasteiger partial charge in [0.2, 0.25) is 21.9 Å². The highest BCUT2D eigenvalue weighted by Crippen LogP contribution is 2.40. The second kappa shape index (κ2) is 11.4. The monoisotopic (exact) mass is 581 g/mol. The Morgan fingerprint density at radius 3 is 2.41 bits per heavy atom. The maximum absolute atomic E-state index is 13.5. The molecule has 2 saturated heterocycles. The third kappa shape index (κ3) is 5.45. The maximum atomic E-state index is 13.5. The van der Waals surface area contributed by atoms with Gasteiger partial charge in [0.1, 0.15) is 5.82 Å². The van der Waals surface area contributed by atoms with Crippen LogP contribution in [-0.4, -0.2) is 115 Å². The number of sulfonamides is 1. The van der Waals surface area contributed by atoms with E-state index < -0.39 is 10.0 Å². The molecule has 3 aliphatic rings. The van der Waals surface area contributed by atoms with E-state index in [1.165, 1.54) is 4.31 Å². The van der Waals surface area contributed by atoms with Gasteiger partial charge in [-0.15, -0.1) is 0 Å². The summed E-state index contributed by atoms with van der Waals surface area (Å²) in [5, 5.41) is 9.19. The molecule has 13 nitrogen and oxygen atoms in total. The van der Waals surface area contributed by atoms with Crippen molar-refractivity contribution in [2.45, 2.75) is 18.2 Å². The molecule has 3 aromatic rings. The number of hydrogen-bond donors (Lipinski definition) is 2. The van der Waals surface area contributed by atoms with Crippen molar-refractivity contribution in [3.8, 4) is 11.3 Å². The minimum Gasteiger partial charge on any atom is -0.395 e. The SMILES string of the molecule is Cc1cc(S(=O)(=O)N2CCN(CCO)CC2)ccc1N1CCc2c(-c3cnc(N)nc3)nc(N3CCOCC3)nc21. The van der Waals surface area contributed by atoms with Crippen LogP contribution in [-0.2, 0) is 21.2 Å². The van der Waals surface area contributed by atoms with Gasteiger partial charge >= 0.3 is 0 Å². The first-order chi connectivity index (χ1) is 19.8. The molecule has 3 aliphatic heterocycles. The zero-order valence-corrected chi connectivity index (χ0v) is 23.9. The van der Waals surface area contributed by atoms with Crippen LogP contribution >= 0.6 is 0 Å². The highest BCUT2D eigenvalue weighted by Gasteiger charge is 2.32. The first-order valence-corrected chi connectivity index (χ1v) is 15.3. The van der Waals surface area contributed by atoms with Crippen molar-refractivity contribution in [1.82, 2.24) is 29.1 Å². The molecule has 0 spiro atoms. The molecule has 2 fully saturated rings. The van der Waals surface area contributed by atoms with Gasteiger partial charge < -0.3 is 25.4 Å². The summed E-state index contributed by atoms with van der Waals surface area (Å²) in [6, 6.07) is 5.32. The summed E-state index contributed by atoms with van der Waals surface area (Å²) in [6.45, 7) is 7.86. The fourth-order valence-electron chi connectivity index (χ4n) is 5.66. The number of nitrogens with two attached hydrogens (primary N) is 1. The number of ether oxygens (including phenoxy) is 1. The molecule has 0 atom stereocenters. The number of aryl methyl sites for hydroxylation is 1. The van der Waals surface area contributed by atoms with Crippen molar-refractivity contribution >= 4 is 33.4 Å². The number of β-amino-alcohol motifs (C(OH)–C–C–N with tert-alkyl or cyclic N) is 1. The van der Waals surface area contributed by atoms with Crippen LogP contribution in [0.2, 0.25) is 0 Å². The molecule has 2 aromatic heterocycles. The number of aromatic nitrogens is 4. The molecule has 14 heteroatoms. The smallest absolute Gasteiger partial charge is 0.243 e. The molecular weight excluding hydrogens is 546 g/mol. The lowest BCUT2D eigenvalue weighted by Crippen LogP contribution is -2.49. The standard InChI is InChI=1S/C27H35N9O4S/c1-19-16-21(41(38,39)35-8-6-33(7-9-35)10-13-37)2-3-23(19)36-5-4-22-24(20-17-29-26(28)30-18-20)31-27(32-25(22)36)34-11-14-40-15-12-34/h2-3,16-18,37H,4-15H2,1H3,(H2,28,29,30).